The number of nitrogens with zero attached hydrogens (tertiary/aromatic N) is 1. The Morgan fingerprint density at radius 1 is 1.41 bits per heavy atom. The van der Waals surface area contributed by atoms with Gasteiger partial charge in [-0.2, -0.15) is 0 Å². The molecule has 2 atom stereocenters. The maximum absolute atomic E-state index is 12.2. The van der Waals surface area contributed by atoms with Gasteiger partial charge in [0, 0.05) is 18.8 Å². The number of hydrogen-bond donors (Lipinski definition) is 1. The van der Waals surface area contributed by atoms with Gasteiger partial charge in [-0.3, -0.25) is 9.38 Å². The first-order chi connectivity index (χ1) is 8.15. The highest BCUT2D eigenvalue weighted by molar-refractivity contribution is 5.78. The van der Waals surface area contributed by atoms with E-state index < -0.39 is 0 Å². The van der Waals surface area contributed by atoms with Crippen LogP contribution in [0, 0.1) is 5.92 Å². The van der Waals surface area contributed by atoms with Crippen LogP contribution in [0.25, 0.3) is 0 Å². The van der Waals surface area contributed by atoms with Crippen LogP contribution >= 0.6 is 0 Å². The molecule has 0 aromatic rings. The van der Waals surface area contributed by atoms with E-state index in [1.807, 2.05) is 13.3 Å². The smallest absolute Gasteiger partial charge is 0.0897 e. The molecule has 17 heavy (non-hydrogen) atoms. The second-order valence-electron chi connectivity index (χ2n) is 4.51. The van der Waals surface area contributed by atoms with Gasteiger partial charge < -0.3 is 5.32 Å². The molecule has 0 amide bonds. The summed E-state index contributed by atoms with van der Waals surface area (Å²) in [5.74, 6) is 0.433. The van der Waals surface area contributed by atoms with Crippen molar-refractivity contribution in [3.63, 3.8) is 0 Å². The van der Waals surface area contributed by atoms with Crippen molar-refractivity contribution in [2.45, 2.75) is 46.1 Å². The first kappa shape index (κ1) is 16.3. The van der Waals surface area contributed by atoms with Crippen LogP contribution in [0.5, 0.6) is 0 Å². The van der Waals surface area contributed by atoms with E-state index in [2.05, 4.69) is 37.2 Å². The molecule has 0 fully saturated rings. The highest BCUT2D eigenvalue weighted by Gasteiger charge is 2.07. The minimum Gasteiger partial charge on any atom is -0.317 e. The third-order valence-corrected chi connectivity index (χ3v) is 2.93. The van der Waals surface area contributed by atoms with Crippen LogP contribution in [-0.4, -0.2) is 32.5 Å². The molecule has 0 saturated heterocycles. The Bertz CT molecular complexity index is 236. The fourth-order valence-corrected chi connectivity index (χ4v) is 1.52. The average Bonchev–Trinajstić information content (AvgIpc) is 2.34. The first-order valence-corrected chi connectivity index (χ1v) is 6.59. The van der Waals surface area contributed by atoms with Crippen molar-refractivity contribution in [3.05, 3.63) is 11.6 Å². The summed E-state index contributed by atoms with van der Waals surface area (Å²) in [4.78, 5) is 4.35. The summed E-state index contributed by atoms with van der Waals surface area (Å²) >= 11 is 0. The Balaban J connectivity index is 4.47. The van der Waals surface area contributed by atoms with Crippen molar-refractivity contribution in [3.8, 4) is 0 Å². The molecule has 0 spiro atoms. The van der Waals surface area contributed by atoms with Crippen LogP contribution in [0.1, 0.15) is 40.0 Å². The molecule has 0 heterocycles. The Hall–Kier alpha value is -0.700. The predicted molar refractivity (Wildman–Crippen MR) is 74.6 cm³/mol. The molecule has 2 unspecified atom stereocenters. The molecule has 1 N–H and O–H groups in total. The molecule has 0 aliphatic rings. The Kier molecular flexibility index (Phi) is 10.0. The van der Waals surface area contributed by atoms with Gasteiger partial charge in [0.1, 0.15) is 0 Å². The molecule has 0 aliphatic carbocycles. The van der Waals surface area contributed by atoms with Crippen molar-refractivity contribution in [2.75, 3.05) is 20.3 Å². The van der Waals surface area contributed by atoms with Crippen LogP contribution in [-0.2, 0) is 0 Å². The zero-order valence-corrected chi connectivity index (χ0v) is 11.7. The molecule has 0 aromatic carbocycles. The molecule has 3 heteroatoms. The van der Waals surface area contributed by atoms with E-state index in [0.29, 0.717) is 18.4 Å². The van der Waals surface area contributed by atoms with Gasteiger partial charge in [0.15, 0.2) is 0 Å². The molecule has 100 valence electrons. The van der Waals surface area contributed by atoms with Crippen LogP contribution in [0.2, 0.25) is 0 Å². The van der Waals surface area contributed by atoms with E-state index >= 15 is 0 Å². The summed E-state index contributed by atoms with van der Waals surface area (Å²) in [6.07, 6.45) is 6.54. The van der Waals surface area contributed by atoms with Crippen molar-refractivity contribution in [1.82, 2.24) is 5.32 Å². The van der Waals surface area contributed by atoms with Gasteiger partial charge >= 0.3 is 0 Å². The lowest BCUT2D eigenvalue weighted by atomic mass is 9.99. The van der Waals surface area contributed by atoms with Gasteiger partial charge in [-0.05, 0) is 44.7 Å². The minimum absolute atomic E-state index is 0.255. The quantitative estimate of drug-likeness (QED) is 0.616. The Labute approximate surface area is 105 Å². The fourth-order valence-electron chi connectivity index (χ4n) is 1.52. The third kappa shape index (κ3) is 8.08. The van der Waals surface area contributed by atoms with Gasteiger partial charge in [0.25, 0.3) is 0 Å². The predicted octanol–water partition coefficient (Wildman–Crippen LogP) is 3.39. The van der Waals surface area contributed by atoms with E-state index in [-0.39, 0.29) is 6.67 Å². The second-order valence-corrected chi connectivity index (χ2v) is 4.51. The van der Waals surface area contributed by atoms with E-state index in [1.165, 1.54) is 0 Å². The van der Waals surface area contributed by atoms with Gasteiger partial charge in [-0.1, -0.05) is 19.9 Å². The Morgan fingerprint density at radius 3 is 2.65 bits per heavy atom. The van der Waals surface area contributed by atoms with E-state index in [1.54, 1.807) is 0 Å². The van der Waals surface area contributed by atoms with Gasteiger partial charge in [-0.25, -0.2) is 0 Å². The fraction of sp³-hybridized carbons (Fsp3) is 0.786. The zero-order chi connectivity index (χ0) is 13.1. The molecule has 0 aromatic heterocycles. The summed E-state index contributed by atoms with van der Waals surface area (Å²) in [6.45, 7) is 7.02. The highest BCUT2D eigenvalue weighted by Crippen LogP contribution is 2.11. The molecule has 0 saturated carbocycles. The Morgan fingerprint density at radius 2 is 2.12 bits per heavy atom. The second kappa shape index (κ2) is 10.5. The van der Waals surface area contributed by atoms with Crippen LogP contribution < -0.4 is 5.32 Å². The topological polar surface area (TPSA) is 24.4 Å². The maximum atomic E-state index is 12.2. The van der Waals surface area contributed by atoms with Crippen LogP contribution in [0.15, 0.2) is 16.6 Å². The number of halogens is 1. The van der Waals surface area contributed by atoms with Crippen LogP contribution in [0.3, 0.4) is 0 Å². The summed E-state index contributed by atoms with van der Waals surface area (Å²) in [7, 11) is 1.96. The molecule has 0 bridgehead atoms. The normalized spacial score (nSPS) is 16.4. The van der Waals surface area contributed by atoms with Gasteiger partial charge in [0.05, 0.1) is 6.67 Å². The number of rotatable bonds is 9. The summed E-state index contributed by atoms with van der Waals surface area (Å²) in [5.41, 5.74) is 1.16. The lowest BCUT2D eigenvalue weighted by Gasteiger charge is -2.16. The molecule has 2 nitrogen and oxygen atoms in total. The number of hydrogen-bond acceptors (Lipinski definition) is 2. The SMILES string of the molecule is CCC/N=C\C(=C/C(C)C(C)NC)CCCF. The van der Waals surface area contributed by atoms with E-state index in [9.17, 15) is 4.39 Å². The summed E-state index contributed by atoms with van der Waals surface area (Å²) in [5, 5.41) is 3.23. The molecule has 0 aliphatic heterocycles. The van der Waals surface area contributed by atoms with Crippen molar-refractivity contribution in [1.29, 1.82) is 0 Å². The monoisotopic (exact) mass is 242 g/mol. The standard InChI is InChI=1S/C14H27FN2/c1-5-9-17-11-14(7-6-8-15)10-12(2)13(3)16-4/h10-13,16H,5-9H2,1-4H3/b14-10-,17-11-. The van der Waals surface area contributed by atoms with Gasteiger partial charge in [0.2, 0.25) is 0 Å². The molecule has 0 rings (SSSR count). The number of allylic oxidation sites excluding steroid dienone is 1. The maximum Gasteiger partial charge on any atom is 0.0897 e. The van der Waals surface area contributed by atoms with E-state index in [4.69, 9.17) is 0 Å². The van der Waals surface area contributed by atoms with Crippen molar-refractivity contribution < 1.29 is 4.39 Å². The number of alkyl halides is 1. The molecular weight excluding hydrogens is 215 g/mol. The molecular formula is C14H27FN2. The van der Waals surface area contributed by atoms with Crippen molar-refractivity contribution in [2.24, 2.45) is 10.9 Å². The summed E-state index contributed by atoms with van der Waals surface area (Å²) < 4.78 is 12.2. The number of aliphatic imine (C=N–C) groups is 1. The van der Waals surface area contributed by atoms with Gasteiger partial charge in [-0.15, -0.1) is 0 Å². The highest BCUT2D eigenvalue weighted by atomic mass is 19.1. The first-order valence-electron chi connectivity index (χ1n) is 6.59. The average molecular weight is 242 g/mol. The lowest BCUT2D eigenvalue weighted by molar-refractivity contribution is 0.471. The largest absolute Gasteiger partial charge is 0.317 e. The van der Waals surface area contributed by atoms with Crippen molar-refractivity contribution >= 4 is 6.21 Å². The summed E-state index contributed by atoms with van der Waals surface area (Å²) in [6, 6.07) is 0.426. The van der Waals surface area contributed by atoms with Crippen LogP contribution in [0.4, 0.5) is 4.39 Å². The number of nitrogens with one attached hydrogen (secondary N) is 1. The minimum atomic E-state index is -0.255. The zero-order valence-electron chi connectivity index (χ0n) is 11.7. The van der Waals surface area contributed by atoms with E-state index in [0.717, 1.165) is 25.0 Å². The lowest BCUT2D eigenvalue weighted by Crippen LogP contribution is -2.27. The third-order valence-electron chi connectivity index (χ3n) is 2.93. The molecule has 0 radical (unpaired) electrons.